The zero-order valence-electron chi connectivity index (χ0n) is 13.5. The average Bonchev–Trinajstić information content (AvgIpc) is 2.46. The van der Waals surface area contributed by atoms with Crippen molar-refractivity contribution in [1.29, 1.82) is 0 Å². The van der Waals surface area contributed by atoms with E-state index in [1.165, 1.54) is 24.0 Å². The molecule has 1 aromatic rings. The third-order valence-electron chi connectivity index (χ3n) is 4.62. The first kappa shape index (κ1) is 16.2. The summed E-state index contributed by atoms with van der Waals surface area (Å²) in [4.78, 5) is 12.4. The van der Waals surface area contributed by atoms with Crippen LogP contribution in [0.5, 0.6) is 0 Å². The largest absolute Gasteiger partial charge is 0.330 e. The number of fused-ring (bicyclic) bond motifs is 1. The second-order valence-corrected chi connectivity index (χ2v) is 6.97. The van der Waals surface area contributed by atoms with Crippen LogP contribution in [0.3, 0.4) is 0 Å². The van der Waals surface area contributed by atoms with E-state index in [0.29, 0.717) is 42.9 Å². The van der Waals surface area contributed by atoms with Gasteiger partial charge in [-0.2, -0.15) is 0 Å². The monoisotopic (exact) mass is 287 g/mol. The fraction of sp³-hybridized carbons (Fsp3) is 0.632. The molecule has 0 spiro atoms. The zero-order valence-corrected chi connectivity index (χ0v) is 13.5. The van der Waals surface area contributed by atoms with Crippen LogP contribution >= 0.6 is 0 Å². The molecule has 2 atom stereocenters. The normalized spacial score (nSPS) is 19.3. The lowest BCUT2D eigenvalue weighted by Gasteiger charge is -2.25. The van der Waals surface area contributed by atoms with Crippen LogP contribution in [0.4, 0.5) is 0 Å². The SMILES string of the molecule is CC(C)CC(CN)CC(=O)CC1CCCc2ccccc21. The Balaban J connectivity index is 1.94. The van der Waals surface area contributed by atoms with Crippen molar-refractivity contribution in [2.24, 2.45) is 17.6 Å². The second-order valence-electron chi connectivity index (χ2n) is 6.97. The van der Waals surface area contributed by atoms with Crippen molar-refractivity contribution in [3.8, 4) is 0 Å². The molecule has 0 amide bonds. The first-order valence-corrected chi connectivity index (χ1v) is 8.39. The number of ketones is 1. The Morgan fingerprint density at radius 3 is 2.81 bits per heavy atom. The van der Waals surface area contributed by atoms with Crippen LogP contribution < -0.4 is 5.73 Å². The lowest BCUT2D eigenvalue weighted by Crippen LogP contribution is -2.21. The number of hydrogen-bond acceptors (Lipinski definition) is 2. The van der Waals surface area contributed by atoms with Gasteiger partial charge < -0.3 is 5.73 Å². The van der Waals surface area contributed by atoms with Crippen LogP contribution in [0, 0.1) is 11.8 Å². The van der Waals surface area contributed by atoms with Crippen molar-refractivity contribution < 1.29 is 4.79 Å². The van der Waals surface area contributed by atoms with Crippen molar-refractivity contribution >= 4 is 5.78 Å². The fourth-order valence-corrected chi connectivity index (χ4v) is 3.68. The summed E-state index contributed by atoms with van der Waals surface area (Å²) in [7, 11) is 0. The summed E-state index contributed by atoms with van der Waals surface area (Å²) in [6.07, 6.45) is 5.95. The number of carbonyl (C=O) groups is 1. The number of benzene rings is 1. The van der Waals surface area contributed by atoms with Crippen LogP contribution in [-0.4, -0.2) is 12.3 Å². The van der Waals surface area contributed by atoms with Crippen molar-refractivity contribution in [2.45, 2.75) is 58.3 Å². The van der Waals surface area contributed by atoms with Gasteiger partial charge in [-0.1, -0.05) is 38.1 Å². The van der Waals surface area contributed by atoms with Gasteiger partial charge in [0.05, 0.1) is 0 Å². The topological polar surface area (TPSA) is 43.1 Å². The third-order valence-corrected chi connectivity index (χ3v) is 4.62. The molecule has 2 unspecified atom stereocenters. The Kier molecular flexibility index (Phi) is 5.98. The van der Waals surface area contributed by atoms with E-state index in [-0.39, 0.29) is 0 Å². The molecule has 0 radical (unpaired) electrons. The lowest BCUT2D eigenvalue weighted by molar-refractivity contribution is -0.120. The Hall–Kier alpha value is -1.15. The minimum Gasteiger partial charge on any atom is -0.330 e. The molecule has 2 rings (SSSR count). The molecule has 1 aromatic carbocycles. The summed E-state index contributed by atoms with van der Waals surface area (Å²) >= 11 is 0. The van der Waals surface area contributed by atoms with Crippen LogP contribution in [-0.2, 0) is 11.2 Å². The first-order valence-electron chi connectivity index (χ1n) is 8.39. The van der Waals surface area contributed by atoms with Gasteiger partial charge in [-0.25, -0.2) is 0 Å². The lowest BCUT2D eigenvalue weighted by atomic mass is 9.79. The molecule has 2 nitrogen and oxygen atoms in total. The Labute approximate surface area is 129 Å². The minimum atomic E-state index is 0.358. The maximum Gasteiger partial charge on any atom is 0.133 e. The highest BCUT2D eigenvalue weighted by atomic mass is 16.1. The summed E-state index contributed by atoms with van der Waals surface area (Å²) in [5, 5.41) is 0. The fourth-order valence-electron chi connectivity index (χ4n) is 3.68. The third kappa shape index (κ3) is 4.67. The van der Waals surface area contributed by atoms with Gasteiger partial charge >= 0.3 is 0 Å². The molecule has 0 saturated heterocycles. The molecule has 116 valence electrons. The highest BCUT2D eigenvalue weighted by Gasteiger charge is 2.23. The predicted molar refractivity (Wildman–Crippen MR) is 88.4 cm³/mol. The van der Waals surface area contributed by atoms with Gasteiger partial charge in [-0.05, 0) is 61.1 Å². The number of hydrogen-bond donors (Lipinski definition) is 1. The van der Waals surface area contributed by atoms with Gasteiger partial charge in [0.15, 0.2) is 0 Å². The zero-order chi connectivity index (χ0) is 15.2. The van der Waals surface area contributed by atoms with Gasteiger partial charge in [-0.15, -0.1) is 0 Å². The standard InChI is InChI=1S/C19H29NO/c1-14(2)10-15(13-20)11-18(21)12-17-8-5-7-16-6-3-4-9-19(16)17/h3-4,6,9,14-15,17H,5,7-8,10-13,20H2,1-2H3. The van der Waals surface area contributed by atoms with Crippen molar-refractivity contribution in [3.63, 3.8) is 0 Å². The van der Waals surface area contributed by atoms with Crippen LogP contribution in [0.25, 0.3) is 0 Å². The molecule has 1 aliphatic carbocycles. The van der Waals surface area contributed by atoms with Crippen molar-refractivity contribution in [3.05, 3.63) is 35.4 Å². The molecule has 0 aromatic heterocycles. The minimum absolute atomic E-state index is 0.358. The summed E-state index contributed by atoms with van der Waals surface area (Å²) in [6, 6.07) is 8.63. The quantitative estimate of drug-likeness (QED) is 0.821. The number of aryl methyl sites for hydroxylation is 1. The Morgan fingerprint density at radius 1 is 1.33 bits per heavy atom. The van der Waals surface area contributed by atoms with Crippen LogP contribution in [0.1, 0.15) is 63.0 Å². The molecule has 0 aliphatic heterocycles. The van der Waals surface area contributed by atoms with Crippen molar-refractivity contribution in [2.75, 3.05) is 6.54 Å². The maximum absolute atomic E-state index is 12.4. The summed E-state index contributed by atoms with van der Waals surface area (Å²) < 4.78 is 0. The van der Waals surface area contributed by atoms with E-state index in [9.17, 15) is 4.79 Å². The Morgan fingerprint density at radius 2 is 2.10 bits per heavy atom. The van der Waals surface area contributed by atoms with E-state index >= 15 is 0 Å². The molecule has 0 saturated carbocycles. The first-order chi connectivity index (χ1) is 10.1. The molecule has 2 N–H and O–H groups in total. The molecule has 0 bridgehead atoms. The molecule has 2 heteroatoms. The number of nitrogens with two attached hydrogens (primary N) is 1. The maximum atomic E-state index is 12.4. The highest BCUT2D eigenvalue weighted by Crippen LogP contribution is 2.34. The van der Waals surface area contributed by atoms with E-state index in [1.54, 1.807) is 0 Å². The molecule has 21 heavy (non-hydrogen) atoms. The van der Waals surface area contributed by atoms with Gasteiger partial charge in [0, 0.05) is 12.8 Å². The predicted octanol–water partition coefficient (Wildman–Crippen LogP) is 4.08. The van der Waals surface area contributed by atoms with Crippen molar-refractivity contribution in [1.82, 2.24) is 0 Å². The van der Waals surface area contributed by atoms with E-state index in [1.807, 2.05) is 0 Å². The van der Waals surface area contributed by atoms with Gasteiger partial charge in [-0.3, -0.25) is 4.79 Å². The molecular formula is C19H29NO. The summed E-state index contributed by atoms with van der Waals surface area (Å²) in [6.45, 7) is 5.03. The summed E-state index contributed by atoms with van der Waals surface area (Å²) in [5.41, 5.74) is 8.68. The van der Waals surface area contributed by atoms with Gasteiger partial charge in [0.2, 0.25) is 0 Å². The number of Topliss-reactive ketones (excluding diaryl/α,β-unsaturated/α-hetero) is 1. The van der Waals surface area contributed by atoms with E-state index < -0.39 is 0 Å². The van der Waals surface area contributed by atoms with Crippen LogP contribution in [0.15, 0.2) is 24.3 Å². The number of rotatable bonds is 7. The average molecular weight is 287 g/mol. The van der Waals surface area contributed by atoms with E-state index in [2.05, 4.69) is 38.1 Å². The highest BCUT2D eigenvalue weighted by molar-refractivity contribution is 5.79. The molecule has 0 heterocycles. The van der Waals surface area contributed by atoms with Gasteiger partial charge in [0.25, 0.3) is 0 Å². The van der Waals surface area contributed by atoms with Gasteiger partial charge in [0.1, 0.15) is 5.78 Å². The van der Waals surface area contributed by atoms with E-state index in [0.717, 1.165) is 12.8 Å². The smallest absolute Gasteiger partial charge is 0.133 e. The molecule has 1 aliphatic rings. The summed E-state index contributed by atoms with van der Waals surface area (Å²) in [5.74, 6) is 1.80. The second kappa shape index (κ2) is 7.74. The van der Waals surface area contributed by atoms with E-state index in [4.69, 9.17) is 5.73 Å². The van der Waals surface area contributed by atoms with Crippen LogP contribution in [0.2, 0.25) is 0 Å². The Bertz CT molecular complexity index is 466. The number of carbonyl (C=O) groups excluding carboxylic acids is 1. The molecular weight excluding hydrogens is 258 g/mol. The molecule has 0 fully saturated rings.